The predicted octanol–water partition coefficient (Wildman–Crippen LogP) is 2.02. The van der Waals surface area contributed by atoms with E-state index in [-0.39, 0.29) is 0 Å². The molecule has 0 heterocycles. The molecule has 0 bridgehead atoms. The van der Waals surface area contributed by atoms with Crippen LogP contribution >= 0.6 is 12.6 Å². The molecule has 11 heavy (non-hydrogen) atoms. The van der Waals surface area contributed by atoms with Crippen LogP contribution < -0.4 is 0 Å². The van der Waals surface area contributed by atoms with E-state index in [1.165, 1.54) is 5.56 Å². The van der Waals surface area contributed by atoms with Crippen LogP contribution in [0.4, 0.5) is 0 Å². The van der Waals surface area contributed by atoms with Gasteiger partial charge in [-0.3, -0.25) is 0 Å². The molecule has 0 aromatic heterocycles. The number of hydrogen-bond donors (Lipinski definition) is 2. The highest BCUT2D eigenvalue weighted by Crippen LogP contribution is 2.00. The van der Waals surface area contributed by atoms with Crippen molar-refractivity contribution in [1.29, 1.82) is 5.41 Å². The van der Waals surface area contributed by atoms with E-state index in [2.05, 4.69) is 24.8 Å². The monoisotopic (exact) mass is 167 g/mol. The van der Waals surface area contributed by atoms with Gasteiger partial charge in [0.1, 0.15) is 0 Å². The van der Waals surface area contributed by atoms with Crippen molar-refractivity contribution in [1.82, 2.24) is 0 Å². The summed E-state index contributed by atoms with van der Waals surface area (Å²) in [6, 6.07) is 10.2. The molecule has 1 aromatic carbocycles. The Bertz CT molecular complexity index is 217. The van der Waals surface area contributed by atoms with Gasteiger partial charge < -0.3 is 0 Å². The third kappa shape index (κ3) is 5.40. The Balaban J connectivity index is 0.000000292. The molecule has 0 aliphatic heterocycles. The fraction of sp³-hybridized carbons (Fsp3) is 0.125. The molecule has 2 nitrogen and oxygen atoms in total. The van der Waals surface area contributed by atoms with Crippen LogP contribution in [0.5, 0.6) is 0 Å². The molecule has 58 valence electrons. The Morgan fingerprint density at radius 1 is 1.36 bits per heavy atom. The van der Waals surface area contributed by atoms with Crippen LogP contribution in [0.15, 0.2) is 30.3 Å². The number of isocyanates is 1. The van der Waals surface area contributed by atoms with Crippen LogP contribution in [-0.4, -0.2) is 6.08 Å². The van der Waals surface area contributed by atoms with Crippen molar-refractivity contribution in [3.05, 3.63) is 35.9 Å². The van der Waals surface area contributed by atoms with E-state index in [0.29, 0.717) is 0 Å². The van der Waals surface area contributed by atoms with E-state index in [1.54, 1.807) is 0 Å². The summed E-state index contributed by atoms with van der Waals surface area (Å²) in [5.74, 6) is 0.834. The van der Waals surface area contributed by atoms with Crippen LogP contribution in [0.1, 0.15) is 5.56 Å². The van der Waals surface area contributed by atoms with Gasteiger partial charge in [0.2, 0.25) is 6.08 Å². The molecule has 0 aliphatic rings. The molecule has 0 unspecified atom stereocenters. The first-order valence-corrected chi connectivity index (χ1v) is 3.67. The molecular formula is C8H9NOS. The summed E-state index contributed by atoms with van der Waals surface area (Å²) in [4.78, 5) is 8.35. The smallest absolute Gasteiger partial charge is 0.222 e. The van der Waals surface area contributed by atoms with Gasteiger partial charge in [0.15, 0.2) is 0 Å². The molecule has 1 N–H and O–H groups in total. The number of nitrogens with one attached hydrogen (secondary N) is 1. The van der Waals surface area contributed by atoms with Gasteiger partial charge in [0.25, 0.3) is 0 Å². The molecule has 0 amide bonds. The second-order valence-corrected chi connectivity index (χ2v) is 2.06. The lowest BCUT2D eigenvalue weighted by Crippen LogP contribution is -1.71. The fourth-order valence-corrected chi connectivity index (χ4v) is 0.794. The molecule has 3 heteroatoms. The van der Waals surface area contributed by atoms with E-state index in [4.69, 9.17) is 10.2 Å². The minimum atomic E-state index is 0.750. The number of benzene rings is 1. The summed E-state index contributed by atoms with van der Waals surface area (Å²) in [6.07, 6.45) is 0.750. The molecule has 1 aromatic rings. The minimum absolute atomic E-state index is 0.750. The molecule has 0 saturated carbocycles. The molecule has 0 fully saturated rings. The summed E-state index contributed by atoms with van der Waals surface area (Å²) >= 11 is 4.11. The van der Waals surface area contributed by atoms with Gasteiger partial charge in [-0.1, -0.05) is 30.3 Å². The Labute approximate surface area is 71.2 Å². The zero-order valence-electron chi connectivity index (χ0n) is 5.95. The average Bonchev–Trinajstić information content (AvgIpc) is 2.08. The summed E-state index contributed by atoms with van der Waals surface area (Å²) in [6.45, 7) is 0. The van der Waals surface area contributed by atoms with Gasteiger partial charge in [0.05, 0.1) is 0 Å². The van der Waals surface area contributed by atoms with Gasteiger partial charge in [-0.05, 0) is 5.56 Å². The summed E-state index contributed by atoms with van der Waals surface area (Å²) < 4.78 is 0. The van der Waals surface area contributed by atoms with Crippen molar-refractivity contribution in [2.75, 3.05) is 0 Å². The average molecular weight is 167 g/mol. The normalized spacial score (nSPS) is 7.36. The van der Waals surface area contributed by atoms with Gasteiger partial charge in [-0.15, -0.1) is 0 Å². The molecule has 0 saturated heterocycles. The Kier molecular flexibility index (Phi) is 6.39. The Morgan fingerprint density at radius 3 is 2.09 bits per heavy atom. The minimum Gasteiger partial charge on any atom is -0.222 e. The third-order valence-electron chi connectivity index (χ3n) is 1.03. The van der Waals surface area contributed by atoms with Gasteiger partial charge >= 0.3 is 0 Å². The van der Waals surface area contributed by atoms with E-state index in [0.717, 1.165) is 11.8 Å². The molecule has 1 rings (SSSR count). The highest BCUT2D eigenvalue weighted by Gasteiger charge is 1.80. The SMILES string of the molecule is N=C=O.SCc1ccccc1. The number of rotatable bonds is 1. The van der Waals surface area contributed by atoms with Crippen LogP contribution in [0.3, 0.4) is 0 Å². The lowest BCUT2D eigenvalue weighted by Gasteiger charge is -1.89. The lowest BCUT2D eigenvalue weighted by atomic mass is 10.2. The van der Waals surface area contributed by atoms with Crippen LogP contribution in [-0.2, 0) is 10.5 Å². The van der Waals surface area contributed by atoms with Gasteiger partial charge in [-0.2, -0.15) is 12.6 Å². The zero-order chi connectivity index (χ0) is 8.53. The number of thiol groups is 1. The second kappa shape index (κ2) is 7.06. The first kappa shape index (κ1) is 9.95. The van der Waals surface area contributed by atoms with Crippen LogP contribution in [0.2, 0.25) is 0 Å². The number of hydrogen-bond acceptors (Lipinski definition) is 3. The molecule has 0 aliphatic carbocycles. The van der Waals surface area contributed by atoms with E-state index >= 15 is 0 Å². The van der Waals surface area contributed by atoms with Gasteiger partial charge in [0, 0.05) is 5.75 Å². The third-order valence-corrected chi connectivity index (χ3v) is 1.39. The van der Waals surface area contributed by atoms with Crippen molar-refractivity contribution in [2.24, 2.45) is 0 Å². The molecule has 0 spiro atoms. The first-order chi connectivity index (χ1) is 5.35. The lowest BCUT2D eigenvalue weighted by molar-refractivity contribution is 0.563. The summed E-state index contributed by atoms with van der Waals surface area (Å²) in [7, 11) is 0. The Morgan fingerprint density at radius 2 is 1.82 bits per heavy atom. The standard InChI is InChI=1S/C7H8S.CHNO/c8-6-7-4-2-1-3-5-7;2-1-3/h1-5,8H,6H2;2H. The highest BCUT2D eigenvalue weighted by atomic mass is 32.1. The first-order valence-electron chi connectivity index (χ1n) is 3.03. The second-order valence-electron chi connectivity index (χ2n) is 1.75. The van der Waals surface area contributed by atoms with E-state index < -0.39 is 0 Å². The van der Waals surface area contributed by atoms with Crippen LogP contribution in [0.25, 0.3) is 0 Å². The summed E-state index contributed by atoms with van der Waals surface area (Å²) in [5, 5.41) is 5.40. The predicted molar refractivity (Wildman–Crippen MR) is 47.5 cm³/mol. The number of carbonyl (C=O) groups excluding carboxylic acids is 1. The fourth-order valence-electron chi connectivity index (χ4n) is 0.583. The quantitative estimate of drug-likeness (QED) is 0.375. The molecule has 0 atom stereocenters. The van der Waals surface area contributed by atoms with Crippen molar-refractivity contribution in [2.45, 2.75) is 5.75 Å². The topological polar surface area (TPSA) is 40.9 Å². The Hall–Kier alpha value is -1.05. The van der Waals surface area contributed by atoms with E-state index in [1.807, 2.05) is 18.2 Å². The maximum atomic E-state index is 8.35. The van der Waals surface area contributed by atoms with Crippen molar-refractivity contribution >= 4 is 18.7 Å². The highest BCUT2D eigenvalue weighted by molar-refractivity contribution is 7.79. The maximum absolute atomic E-state index is 8.35. The maximum Gasteiger partial charge on any atom is 0.231 e. The zero-order valence-corrected chi connectivity index (χ0v) is 6.84. The van der Waals surface area contributed by atoms with Gasteiger partial charge in [-0.25, -0.2) is 10.2 Å². The van der Waals surface area contributed by atoms with Crippen molar-refractivity contribution < 1.29 is 4.79 Å². The van der Waals surface area contributed by atoms with Crippen molar-refractivity contribution in [3.63, 3.8) is 0 Å². The van der Waals surface area contributed by atoms with Crippen LogP contribution in [0, 0.1) is 5.41 Å². The summed E-state index contributed by atoms with van der Waals surface area (Å²) in [5.41, 5.74) is 1.27. The van der Waals surface area contributed by atoms with Crippen molar-refractivity contribution in [3.8, 4) is 0 Å². The van der Waals surface area contributed by atoms with E-state index in [9.17, 15) is 0 Å². The largest absolute Gasteiger partial charge is 0.231 e. The molecular weight excluding hydrogens is 158 g/mol. The molecule has 0 radical (unpaired) electrons.